The van der Waals surface area contributed by atoms with Crippen molar-refractivity contribution in [1.82, 2.24) is 4.98 Å². The fourth-order valence-electron chi connectivity index (χ4n) is 3.64. The summed E-state index contributed by atoms with van der Waals surface area (Å²) in [5.74, 6) is 0.963. The third-order valence-electron chi connectivity index (χ3n) is 5.25. The smallest absolute Gasteiger partial charge is 0.249 e. The Morgan fingerprint density at radius 3 is 2.62 bits per heavy atom. The van der Waals surface area contributed by atoms with Crippen molar-refractivity contribution in [3.05, 3.63) is 83.8 Å². The number of anilines is 1. The van der Waals surface area contributed by atoms with E-state index in [1.165, 1.54) is 5.56 Å². The van der Waals surface area contributed by atoms with Gasteiger partial charge in [0.1, 0.15) is 17.2 Å². The maximum absolute atomic E-state index is 12.6. The van der Waals surface area contributed by atoms with Crippen molar-refractivity contribution in [3.63, 3.8) is 0 Å². The molecule has 0 saturated carbocycles. The highest BCUT2D eigenvalue weighted by atomic mass is 16.5. The molecule has 0 radical (unpaired) electrons. The van der Waals surface area contributed by atoms with Gasteiger partial charge in [0.05, 0.1) is 12.9 Å². The zero-order valence-corrected chi connectivity index (χ0v) is 18.7. The maximum Gasteiger partial charge on any atom is 0.249 e. The lowest BCUT2D eigenvalue weighted by Gasteiger charge is -2.12. The molecule has 0 spiro atoms. The lowest BCUT2D eigenvalue weighted by atomic mass is 9.99. The molecule has 0 bridgehead atoms. The zero-order valence-electron chi connectivity index (χ0n) is 18.7. The molecule has 162 valence electrons. The summed E-state index contributed by atoms with van der Waals surface area (Å²) in [4.78, 5) is 17.0. The number of aryl methyl sites for hydroxylation is 2. The second-order valence-electron chi connectivity index (χ2n) is 7.77. The van der Waals surface area contributed by atoms with Crippen LogP contribution in [0.15, 0.2) is 71.4 Å². The van der Waals surface area contributed by atoms with Crippen molar-refractivity contribution in [2.75, 3.05) is 11.9 Å². The number of hydrogen-bond acceptors (Lipinski definition) is 4. The van der Waals surface area contributed by atoms with Crippen molar-refractivity contribution in [3.8, 4) is 16.9 Å². The summed E-state index contributed by atoms with van der Waals surface area (Å²) >= 11 is 0. The summed E-state index contributed by atoms with van der Waals surface area (Å²) in [6.07, 6.45) is 3.34. The molecule has 5 nitrogen and oxygen atoms in total. The standard InChI is InChI=1S/C27H26N2O3/c1-5-31-24-15-25-22(23(16-32-25)20-11-9-17(2)10-12-20)14-21(24)18(3)13-27(30)29-26-8-6-7-19(4)28-26/h6-16H,5H2,1-4H3,(H,28,29,30)/b18-13+. The van der Waals surface area contributed by atoms with Crippen molar-refractivity contribution < 1.29 is 13.9 Å². The Bertz CT molecular complexity index is 1300. The second kappa shape index (κ2) is 9.10. The van der Waals surface area contributed by atoms with Crippen LogP contribution in [0.1, 0.15) is 30.7 Å². The number of rotatable bonds is 6. The van der Waals surface area contributed by atoms with Crippen LogP contribution in [0.2, 0.25) is 0 Å². The first-order chi connectivity index (χ1) is 15.4. The van der Waals surface area contributed by atoms with Gasteiger partial charge in [-0.25, -0.2) is 4.98 Å². The number of carbonyl (C=O) groups is 1. The summed E-state index contributed by atoms with van der Waals surface area (Å²) in [5, 5.41) is 3.80. The zero-order chi connectivity index (χ0) is 22.7. The molecule has 0 aliphatic heterocycles. The van der Waals surface area contributed by atoms with Crippen LogP contribution >= 0.6 is 0 Å². The van der Waals surface area contributed by atoms with Crippen molar-refractivity contribution in [1.29, 1.82) is 0 Å². The third-order valence-corrected chi connectivity index (χ3v) is 5.25. The van der Waals surface area contributed by atoms with E-state index < -0.39 is 0 Å². The molecule has 0 atom stereocenters. The first-order valence-corrected chi connectivity index (χ1v) is 10.6. The van der Waals surface area contributed by atoms with E-state index in [4.69, 9.17) is 9.15 Å². The highest BCUT2D eigenvalue weighted by Crippen LogP contribution is 2.37. The molecule has 5 heteroatoms. The summed E-state index contributed by atoms with van der Waals surface area (Å²) in [6.45, 7) is 8.30. The Morgan fingerprint density at radius 2 is 1.91 bits per heavy atom. The predicted molar refractivity (Wildman–Crippen MR) is 129 cm³/mol. The predicted octanol–water partition coefficient (Wildman–Crippen LogP) is 6.55. The summed E-state index contributed by atoms with van der Waals surface area (Å²) in [7, 11) is 0. The van der Waals surface area contributed by atoms with Gasteiger partial charge in [-0.2, -0.15) is 0 Å². The molecular weight excluding hydrogens is 400 g/mol. The lowest BCUT2D eigenvalue weighted by Crippen LogP contribution is -2.10. The fraction of sp³-hybridized carbons (Fsp3) is 0.185. The van der Waals surface area contributed by atoms with E-state index >= 15 is 0 Å². The number of nitrogens with one attached hydrogen (secondary N) is 1. The molecule has 0 aliphatic rings. The fourth-order valence-corrected chi connectivity index (χ4v) is 3.64. The van der Waals surface area contributed by atoms with E-state index in [2.05, 4.69) is 41.5 Å². The minimum atomic E-state index is -0.242. The molecule has 4 rings (SSSR count). The van der Waals surface area contributed by atoms with Gasteiger partial charge in [-0.15, -0.1) is 0 Å². The first kappa shape index (κ1) is 21.4. The number of allylic oxidation sites excluding steroid dienone is 1. The Balaban J connectivity index is 1.72. The highest BCUT2D eigenvalue weighted by molar-refractivity contribution is 6.05. The van der Waals surface area contributed by atoms with Gasteiger partial charge in [0.2, 0.25) is 5.91 Å². The Labute approximate surface area is 187 Å². The van der Waals surface area contributed by atoms with Crippen LogP contribution in [0.5, 0.6) is 5.75 Å². The maximum atomic E-state index is 12.6. The monoisotopic (exact) mass is 426 g/mol. The molecule has 1 amide bonds. The van der Waals surface area contributed by atoms with Gasteiger partial charge in [-0.3, -0.25) is 4.79 Å². The molecule has 4 aromatic rings. The van der Waals surface area contributed by atoms with Crippen molar-refractivity contribution >= 4 is 28.3 Å². The van der Waals surface area contributed by atoms with E-state index in [0.29, 0.717) is 18.2 Å². The quantitative estimate of drug-likeness (QED) is 0.355. The summed E-state index contributed by atoms with van der Waals surface area (Å²) in [5.41, 5.74) is 6.51. The van der Waals surface area contributed by atoms with Crippen LogP contribution in [-0.2, 0) is 4.79 Å². The number of aromatic nitrogens is 1. The number of furan rings is 1. The number of hydrogen-bond donors (Lipinski definition) is 1. The molecule has 0 aliphatic carbocycles. The second-order valence-corrected chi connectivity index (χ2v) is 7.77. The first-order valence-electron chi connectivity index (χ1n) is 10.6. The Kier molecular flexibility index (Phi) is 6.08. The van der Waals surface area contributed by atoms with Crippen LogP contribution in [0.3, 0.4) is 0 Å². The average Bonchev–Trinajstić information content (AvgIpc) is 3.16. The highest BCUT2D eigenvalue weighted by Gasteiger charge is 2.15. The van der Waals surface area contributed by atoms with Gasteiger partial charge in [0, 0.05) is 34.3 Å². The van der Waals surface area contributed by atoms with E-state index in [-0.39, 0.29) is 5.91 Å². The minimum absolute atomic E-state index is 0.242. The third kappa shape index (κ3) is 4.57. The summed E-state index contributed by atoms with van der Waals surface area (Å²) in [6, 6.07) is 17.8. The van der Waals surface area contributed by atoms with Gasteiger partial charge in [0.25, 0.3) is 0 Å². The Morgan fingerprint density at radius 1 is 1.12 bits per heavy atom. The van der Waals surface area contributed by atoms with Crippen molar-refractivity contribution in [2.24, 2.45) is 0 Å². The largest absolute Gasteiger partial charge is 0.493 e. The molecular formula is C27H26N2O3. The van der Waals surface area contributed by atoms with Gasteiger partial charge >= 0.3 is 0 Å². The van der Waals surface area contributed by atoms with E-state index in [9.17, 15) is 4.79 Å². The number of amides is 1. The molecule has 0 fully saturated rings. The minimum Gasteiger partial charge on any atom is -0.493 e. The van der Waals surface area contributed by atoms with Crippen LogP contribution in [-0.4, -0.2) is 17.5 Å². The van der Waals surface area contributed by atoms with Crippen LogP contribution in [0, 0.1) is 13.8 Å². The molecule has 0 saturated heterocycles. The van der Waals surface area contributed by atoms with Crippen LogP contribution in [0.4, 0.5) is 5.82 Å². The molecule has 0 unspecified atom stereocenters. The van der Waals surface area contributed by atoms with E-state index in [1.807, 2.05) is 45.0 Å². The number of benzene rings is 2. The van der Waals surface area contributed by atoms with E-state index in [0.717, 1.165) is 38.9 Å². The van der Waals surface area contributed by atoms with Gasteiger partial charge in [-0.05, 0) is 57.0 Å². The topological polar surface area (TPSA) is 64.4 Å². The number of carbonyl (C=O) groups excluding carboxylic acids is 1. The normalized spacial score (nSPS) is 11.6. The van der Waals surface area contributed by atoms with Crippen LogP contribution in [0.25, 0.3) is 27.7 Å². The van der Waals surface area contributed by atoms with Gasteiger partial charge in [0.15, 0.2) is 0 Å². The number of nitrogens with zero attached hydrogens (tertiary/aromatic N) is 1. The number of ether oxygens (including phenoxy) is 1. The summed E-state index contributed by atoms with van der Waals surface area (Å²) < 4.78 is 11.7. The molecule has 32 heavy (non-hydrogen) atoms. The molecule has 2 aromatic carbocycles. The number of fused-ring (bicyclic) bond motifs is 1. The van der Waals surface area contributed by atoms with Crippen LogP contribution < -0.4 is 10.1 Å². The van der Waals surface area contributed by atoms with Crippen molar-refractivity contribution in [2.45, 2.75) is 27.7 Å². The SMILES string of the molecule is CCOc1cc2occ(-c3ccc(C)cc3)c2cc1/C(C)=C/C(=O)Nc1cccc(C)n1. The average molecular weight is 427 g/mol. The number of pyridine rings is 1. The van der Waals surface area contributed by atoms with Gasteiger partial charge in [-0.1, -0.05) is 35.9 Å². The lowest BCUT2D eigenvalue weighted by molar-refractivity contribution is -0.111. The molecule has 2 heterocycles. The molecule has 1 N–H and O–H groups in total. The molecule has 2 aromatic heterocycles. The van der Waals surface area contributed by atoms with Gasteiger partial charge < -0.3 is 14.5 Å². The van der Waals surface area contributed by atoms with E-state index in [1.54, 1.807) is 18.4 Å². The Hall–Kier alpha value is -3.86.